The minimum Gasteiger partial charge on any atom is -0.481 e. The Bertz CT molecular complexity index is 2830. The van der Waals surface area contributed by atoms with Gasteiger partial charge in [-0.1, -0.05) is 46.3 Å². The number of ether oxygens (including phenoxy) is 12. The Morgan fingerprint density at radius 1 is 0.562 bits per heavy atom. The van der Waals surface area contributed by atoms with E-state index in [1.54, 1.807) is 0 Å². The van der Waals surface area contributed by atoms with Crippen molar-refractivity contribution in [1.29, 1.82) is 0 Å². The highest BCUT2D eigenvalue weighted by molar-refractivity contribution is 5.79. The van der Waals surface area contributed by atoms with E-state index in [1.165, 1.54) is 13.8 Å². The Morgan fingerprint density at radius 2 is 1.16 bits per heavy atom. The van der Waals surface area contributed by atoms with Crippen LogP contribution >= 0.6 is 0 Å². The summed E-state index contributed by atoms with van der Waals surface area (Å²) in [7, 11) is 0. The van der Waals surface area contributed by atoms with Crippen LogP contribution in [-0.2, 0) is 71.2 Å². The number of esters is 1. The van der Waals surface area contributed by atoms with Crippen molar-refractivity contribution in [1.82, 2.24) is 0 Å². The number of aliphatic hydroxyl groups is 16. The average molecular weight is 1380 g/mol. The molecule has 2 unspecified atom stereocenters. The van der Waals surface area contributed by atoms with E-state index in [1.807, 2.05) is 6.92 Å². The van der Waals surface area contributed by atoms with Crippen LogP contribution in [0.25, 0.3) is 0 Å². The lowest BCUT2D eigenvalue weighted by atomic mass is 9.33. The van der Waals surface area contributed by atoms with Gasteiger partial charge in [0.25, 0.3) is 0 Å². The molecule has 6 aliphatic heterocycles. The second-order valence-corrected chi connectivity index (χ2v) is 30.6. The molecule has 0 aromatic carbocycles. The third kappa shape index (κ3) is 12.2. The molecule has 0 amide bonds. The molecule has 96 heavy (non-hydrogen) atoms. The van der Waals surface area contributed by atoms with Crippen molar-refractivity contribution in [2.75, 3.05) is 33.0 Å². The summed E-state index contributed by atoms with van der Waals surface area (Å²) < 4.78 is 70.9. The fraction of sp³-hybridized carbons (Fsp3) is 0.921. The third-order valence-electron chi connectivity index (χ3n) is 24.6. The Kier molecular flexibility index (Phi) is 20.9. The fourth-order valence-corrected chi connectivity index (χ4v) is 18.6. The molecule has 36 atom stereocenters. The van der Waals surface area contributed by atoms with Crippen molar-refractivity contribution in [3.05, 3.63) is 11.6 Å². The third-order valence-corrected chi connectivity index (χ3v) is 24.6. The van der Waals surface area contributed by atoms with Crippen LogP contribution in [0.15, 0.2) is 11.6 Å². The summed E-state index contributed by atoms with van der Waals surface area (Å²) in [5.74, 6) is -5.43. The first kappa shape index (κ1) is 74.3. The maximum atomic E-state index is 15.6. The SMILES string of the molecule is C[C@@H]1O[C@@H](O[C@H]2[C@H](OC(=O)[C@]34CCC(C)(C)C[C@H]3C3=CCC5[C@@]6(C)C[C@H](O)[C@H](O[C@@H]7O[C@H](C(=O)O)[C@@H](O)[C@H](O[C@@H]8O[C@H](CO)[C@@H](O)[C@H](O)[C@H]8O)[C@H]7O)[C@@](C)(C(=O)O)C6CC[C@@]5(C)[C@]3(C)CC4)OC[C@H](O)[C@@H]2O)[C@H](O)[C@H](O[C@@H]2OC[C@](O)(CO)[C@H]2O)[C@H]1O[C@@H]1OC[C@@H](O)[C@H](O)[C@H]1O. The quantitative estimate of drug-likeness (QED) is 0.0390. The van der Waals surface area contributed by atoms with Crippen LogP contribution in [0, 0.1) is 50.2 Å². The monoisotopic (exact) mass is 1380 g/mol. The Morgan fingerprint density at radius 3 is 1.80 bits per heavy atom. The number of carbonyl (C=O) groups excluding carboxylic acids is 1. The van der Waals surface area contributed by atoms with E-state index in [0.717, 1.165) is 5.57 Å². The highest BCUT2D eigenvalue weighted by Gasteiger charge is 2.73. The Labute approximate surface area is 552 Å². The minimum atomic E-state index is -2.21. The molecule has 11 aliphatic rings. The van der Waals surface area contributed by atoms with Gasteiger partial charge in [-0.15, -0.1) is 0 Å². The number of hydrogen-bond donors (Lipinski definition) is 18. The van der Waals surface area contributed by atoms with Gasteiger partial charge < -0.3 is 149 Å². The van der Waals surface area contributed by atoms with E-state index in [9.17, 15) is 102 Å². The Balaban J connectivity index is 0.838. The molecule has 33 heteroatoms. The molecule has 0 spiro atoms. The molecule has 0 bridgehead atoms. The summed E-state index contributed by atoms with van der Waals surface area (Å²) in [6, 6.07) is 0. The fourth-order valence-electron chi connectivity index (χ4n) is 18.6. The lowest BCUT2D eigenvalue weighted by Crippen LogP contribution is -2.70. The van der Waals surface area contributed by atoms with Gasteiger partial charge >= 0.3 is 17.9 Å². The molecule has 18 N–H and O–H groups in total. The first-order valence-electron chi connectivity index (χ1n) is 33.1. The maximum Gasteiger partial charge on any atom is 0.335 e. The van der Waals surface area contributed by atoms with Crippen molar-refractivity contribution in [3.8, 4) is 0 Å². The largest absolute Gasteiger partial charge is 0.481 e. The first-order chi connectivity index (χ1) is 44.9. The molecule has 4 saturated carbocycles. The summed E-state index contributed by atoms with van der Waals surface area (Å²) in [4.78, 5) is 42.3. The molecular formula is C63H98O33. The number of carbonyl (C=O) groups is 3. The molecule has 6 saturated heterocycles. The van der Waals surface area contributed by atoms with E-state index >= 15 is 4.79 Å². The zero-order chi connectivity index (χ0) is 70.2. The predicted molar refractivity (Wildman–Crippen MR) is 313 cm³/mol. The average Bonchev–Trinajstić information content (AvgIpc) is 0.749. The van der Waals surface area contributed by atoms with Crippen LogP contribution in [0.3, 0.4) is 0 Å². The molecule has 0 radical (unpaired) electrons. The Hall–Kier alpha value is -2.93. The van der Waals surface area contributed by atoms with E-state index in [4.69, 9.17) is 56.8 Å². The van der Waals surface area contributed by atoms with Gasteiger partial charge in [-0.3, -0.25) is 9.59 Å². The normalized spacial score (nSPS) is 54.1. The van der Waals surface area contributed by atoms with Crippen molar-refractivity contribution >= 4 is 17.9 Å². The zero-order valence-electron chi connectivity index (χ0n) is 54.5. The van der Waals surface area contributed by atoms with Crippen LogP contribution in [0.2, 0.25) is 0 Å². The van der Waals surface area contributed by atoms with Gasteiger partial charge in [0, 0.05) is 0 Å². The standard InChI is InChI=1S/C63H98O33/c1-23-41(90-49-36(73)32(69)27(67)19-85-49)43(92-54-46(78)63(84,21-65)22-87-54)40(77)51(88-23)94-45-33(70)28(68)20-86-53(45)96-56(83)62-14-12-57(2,3)16-25(62)24-8-9-30-58(4)17-26(66)47(61(7,55(81)82)31(58)10-11-60(30,6)59(24,5)13-15-62)95-52-39(76)42(38(75)44(93-52)48(79)80)91-50-37(74)35(72)34(71)29(18-64)89-50/h8,23,25-47,49-54,64-78,84H,9-22H2,1-7H3,(H,79,80)(H,81,82)/t23-,25-,26-,27+,28-,29+,30?,31?,32-,33-,34+,35-,36+,37+,38-,39+,40+,41-,42-,43-,44-,45+,46-,47-,49-,50-,51-,52-,53-,54-,58+,59+,60+,61-,62-,63+/m0/s1. The molecule has 6 heterocycles. The second-order valence-electron chi connectivity index (χ2n) is 30.6. The summed E-state index contributed by atoms with van der Waals surface area (Å²) in [5, 5.41) is 197. The van der Waals surface area contributed by atoms with Crippen molar-refractivity contribution in [3.63, 3.8) is 0 Å². The van der Waals surface area contributed by atoms with Gasteiger partial charge in [0.05, 0.1) is 56.1 Å². The van der Waals surface area contributed by atoms with Crippen LogP contribution in [0.5, 0.6) is 0 Å². The highest BCUT2D eigenvalue weighted by Crippen LogP contribution is 2.76. The van der Waals surface area contributed by atoms with E-state index in [0.29, 0.717) is 38.5 Å². The molecule has 10 fully saturated rings. The number of hydrogen-bond acceptors (Lipinski definition) is 31. The number of allylic oxidation sites excluding steroid dienone is 2. The highest BCUT2D eigenvalue weighted by atomic mass is 16.8. The van der Waals surface area contributed by atoms with Crippen molar-refractivity contribution in [2.45, 2.75) is 278 Å². The molecule has 5 aliphatic carbocycles. The van der Waals surface area contributed by atoms with E-state index in [2.05, 4.69) is 33.8 Å². The minimum absolute atomic E-state index is 0.0611. The summed E-state index contributed by atoms with van der Waals surface area (Å²) in [6.07, 6.45) is -43.9. The van der Waals surface area contributed by atoms with Crippen LogP contribution in [0.4, 0.5) is 0 Å². The van der Waals surface area contributed by atoms with Crippen molar-refractivity contribution in [2.24, 2.45) is 50.2 Å². The lowest BCUT2D eigenvalue weighted by Gasteiger charge is -2.71. The molecular weight excluding hydrogens is 1280 g/mol. The summed E-state index contributed by atoms with van der Waals surface area (Å²) in [5.41, 5.74) is -7.03. The van der Waals surface area contributed by atoms with Crippen LogP contribution in [-0.4, -0.2) is 314 Å². The number of rotatable bonds is 16. The van der Waals surface area contributed by atoms with Gasteiger partial charge in [0.15, 0.2) is 43.7 Å². The molecule has 548 valence electrons. The maximum absolute atomic E-state index is 15.6. The second kappa shape index (κ2) is 27.0. The number of aliphatic carboxylic acids is 2. The molecule has 0 aromatic rings. The summed E-state index contributed by atoms with van der Waals surface area (Å²) >= 11 is 0. The van der Waals surface area contributed by atoms with Gasteiger partial charge in [0.2, 0.25) is 6.29 Å². The van der Waals surface area contributed by atoms with E-state index < -0.39 is 261 Å². The smallest absolute Gasteiger partial charge is 0.335 e. The number of aliphatic hydroxyl groups excluding tert-OH is 15. The molecule has 0 aromatic heterocycles. The van der Waals surface area contributed by atoms with Crippen LogP contribution in [0.1, 0.15) is 106 Å². The number of carboxylic acids is 2. The summed E-state index contributed by atoms with van der Waals surface area (Å²) in [6.45, 7) is 9.86. The van der Waals surface area contributed by atoms with Crippen LogP contribution < -0.4 is 0 Å². The number of carboxylic acid groups (broad SMARTS) is 2. The lowest BCUT2D eigenvalue weighted by molar-refractivity contribution is -0.381. The molecule has 33 nitrogen and oxygen atoms in total. The topological polar surface area (TPSA) is 526 Å². The zero-order valence-corrected chi connectivity index (χ0v) is 54.5. The van der Waals surface area contributed by atoms with Crippen molar-refractivity contribution < 1.29 is 163 Å². The van der Waals surface area contributed by atoms with Gasteiger partial charge in [0.1, 0.15) is 109 Å². The predicted octanol–water partition coefficient (Wildman–Crippen LogP) is -5.31. The first-order valence-corrected chi connectivity index (χ1v) is 33.1. The number of fused-ring (bicyclic) bond motifs is 7. The van der Waals surface area contributed by atoms with E-state index in [-0.39, 0.29) is 30.6 Å². The van der Waals surface area contributed by atoms with Gasteiger partial charge in [-0.25, -0.2) is 4.79 Å². The molecule has 11 rings (SSSR count). The van der Waals surface area contributed by atoms with Gasteiger partial charge in [-0.05, 0) is 111 Å². The van der Waals surface area contributed by atoms with Gasteiger partial charge in [-0.2, -0.15) is 0 Å².